The van der Waals surface area contributed by atoms with Gasteiger partial charge in [-0.05, 0) is 24.1 Å². The van der Waals surface area contributed by atoms with Crippen LogP contribution in [0.2, 0.25) is 5.02 Å². The fourth-order valence-electron chi connectivity index (χ4n) is 2.04. The van der Waals surface area contributed by atoms with E-state index in [0.717, 1.165) is 18.4 Å². The lowest BCUT2D eigenvalue weighted by Crippen LogP contribution is -2.29. The van der Waals surface area contributed by atoms with E-state index in [1.54, 1.807) is 12.1 Å². The van der Waals surface area contributed by atoms with Crippen molar-refractivity contribution in [1.82, 2.24) is 10.3 Å². The van der Waals surface area contributed by atoms with Crippen LogP contribution in [0, 0.1) is 0 Å². The summed E-state index contributed by atoms with van der Waals surface area (Å²) >= 11 is 5.77. The van der Waals surface area contributed by atoms with Gasteiger partial charge in [0, 0.05) is 6.20 Å². The highest BCUT2D eigenvalue weighted by Crippen LogP contribution is 2.18. The molecule has 1 heterocycles. The second-order valence-corrected chi connectivity index (χ2v) is 5.02. The van der Waals surface area contributed by atoms with E-state index >= 15 is 0 Å². The maximum Gasteiger partial charge on any atom is 0.270 e. The number of amides is 1. The first-order chi connectivity index (χ1) is 9.70. The van der Waals surface area contributed by atoms with Gasteiger partial charge in [0.15, 0.2) is 0 Å². The minimum Gasteiger partial charge on any atom is -0.344 e. The predicted octanol–water partition coefficient (Wildman–Crippen LogP) is 4.01. The minimum atomic E-state index is -0.177. The average Bonchev–Trinajstić information content (AvgIpc) is 2.48. The van der Waals surface area contributed by atoms with Crippen molar-refractivity contribution in [1.29, 1.82) is 0 Å². The Balaban J connectivity index is 2.12. The molecule has 2 aromatic rings. The lowest BCUT2D eigenvalue weighted by Gasteiger charge is -2.18. The Morgan fingerprint density at radius 2 is 2.00 bits per heavy atom. The number of halogens is 1. The molecule has 1 unspecified atom stereocenters. The molecule has 0 aliphatic carbocycles. The molecule has 0 saturated heterocycles. The van der Waals surface area contributed by atoms with Gasteiger partial charge < -0.3 is 5.32 Å². The van der Waals surface area contributed by atoms with E-state index in [2.05, 4.69) is 17.2 Å². The Morgan fingerprint density at radius 1 is 1.25 bits per heavy atom. The highest BCUT2D eigenvalue weighted by atomic mass is 35.5. The molecule has 0 aliphatic rings. The van der Waals surface area contributed by atoms with Gasteiger partial charge in [0.05, 0.1) is 11.1 Å². The van der Waals surface area contributed by atoms with Crippen LogP contribution in [-0.2, 0) is 0 Å². The zero-order chi connectivity index (χ0) is 14.4. The molecule has 1 amide bonds. The molecule has 1 N–H and O–H groups in total. The second kappa shape index (κ2) is 7.06. The number of carbonyl (C=O) groups is 1. The van der Waals surface area contributed by atoms with Crippen molar-refractivity contribution in [2.24, 2.45) is 0 Å². The van der Waals surface area contributed by atoms with Crippen molar-refractivity contribution in [3.05, 3.63) is 64.9 Å². The zero-order valence-electron chi connectivity index (χ0n) is 11.3. The smallest absolute Gasteiger partial charge is 0.270 e. The number of aromatic nitrogens is 1. The van der Waals surface area contributed by atoms with Gasteiger partial charge in [0.1, 0.15) is 5.69 Å². The summed E-state index contributed by atoms with van der Waals surface area (Å²) in [5.74, 6) is -0.177. The fraction of sp³-hybridized carbons (Fsp3) is 0.250. The van der Waals surface area contributed by atoms with E-state index in [-0.39, 0.29) is 11.9 Å². The predicted molar refractivity (Wildman–Crippen MR) is 80.8 cm³/mol. The second-order valence-electron chi connectivity index (χ2n) is 4.59. The SMILES string of the molecule is CCCC(NC(=O)c1ccc(Cl)cn1)c1ccccc1. The van der Waals surface area contributed by atoms with Gasteiger partial charge in [-0.3, -0.25) is 4.79 Å². The Labute approximate surface area is 124 Å². The van der Waals surface area contributed by atoms with Crippen LogP contribution in [0.3, 0.4) is 0 Å². The minimum absolute atomic E-state index is 0.00572. The number of carbonyl (C=O) groups excluding carboxylic acids is 1. The van der Waals surface area contributed by atoms with Crippen LogP contribution >= 0.6 is 11.6 Å². The number of benzene rings is 1. The van der Waals surface area contributed by atoms with Crippen molar-refractivity contribution in [3.63, 3.8) is 0 Å². The molecule has 0 aliphatic heterocycles. The molecular formula is C16H17ClN2O. The number of hydrogen-bond donors (Lipinski definition) is 1. The molecule has 3 nitrogen and oxygen atoms in total. The summed E-state index contributed by atoms with van der Waals surface area (Å²) in [6, 6.07) is 13.3. The van der Waals surface area contributed by atoms with Gasteiger partial charge in [-0.2, -0.15) is 0 Å². The number of pyridine rings is 1. The summed E-state index contributed by atoms with van der Waals surface area (Å²) in [6.07, 6.45) is 3.37. The molecule has 0 radical (unpaired) electrons. The number of hydrogen-bond acceptors (Lipinski definition) is 2. The molecule has 0 fully saturated rings. The molecule has 104 valence electrons. The van der Waals surface area contributed by atoms with Crippen LogP contribution in [0.1, 0.15) is 41.9 Å². The molecule has 2 rings (SSSR count). The molecule has 0 spiro atoms. The Kier molecular flexibility index (Phi) is 5.13. The summed E-state index contributed by atoms with van der Waals surface area (Å²) in [5.41, 5.74) is 1.49. The van der Waals surface area contributed by atoms with Crippen molar-refractivity contribution >= 4 is 17.5 Å². The van der Waals surface area contributed by atoms with Crippen LogP contribution in [-0.4, -0.2) is 10.9 Å². The molecular weight excluding hydrogens is 272 g/mol. The Hall–Kier alpha value is -1.87. The lowest BCUT2D eigenvalue weighted by atomic mass is 10.0. The first kappa shape index (κ1) is 14.5. The first-order valence-electron chi connectivity index (χ1n) is 6.68. The standard InChI is InChI=1S/C16H17ClN2O/c1-2-6-14(12-7-4-3-5-8-12)19-16(20)15-10-9-13(17)11-18-15/h3-5,7-11,14H,2,6H2,1H3,(H,19,20). The summed E-state index contributed by atoms with van der Waals surface area (Å²) in [5, 5.41) is 3.55. The highest BCUT2D eigenvalue weighted by Gasteiger charge is 2.15. The van der Waals surface area contributed by atoms with Gasteiger partial charge in [0.25, 0.3) is 5.91 Å². The average molecular weight is 289 g/mol. The van der Waals surface area contributed by atoms with Gasteiger partial charge in [-0.1, -0.05) is 55.3 Å². The van der Waals surface area contributed by atoms with E-state index < -0.39 is 0 Å². The Morgan fingerprint density at radius 3 is 2.60 bits per heavy atom. The summed E-state index contributed by atoms with van der Waals surface area (Å²) in [6.45, 7) is 2.10. The van der Waals surface area contributed by atoms with Crippen molar-refractivity contribution < 1.29 is 4.79 Å². The van der Waals surface area contributed by atoms with E-state index in [1.807, 2.05) is 30.3 Å². The number of rotatable bonds is 5. The molecule has 4 heteroatoms. The third-order valence-electron chi connectivity index (χ3n) is 3.04. The third kappa shape index (κ3) is 3.81. The topological polar surface area (TPSA) is 42.0 Å². The highest BCUT2D eigenvalue weighted by molar-refractivity contribution is 6.30. The van der Waals surface area contributed by atoms with E-state index in [4.69, 9.17) is 11.6 Å². The monoisotopic (exact) mass is 288 g/mol. The van der Waals surface area contributed by atoms with Gasteiger partial charge in [-0.15, -0.1) is 0 Å². The number of nitrogens with zero attached hydrogens (tertiary/aromatic N) is 1. The van der Waals surface area contributed by atoms with Crippen LogP contribution in [0.15, 0.2) is 48.7 Å². The maximum atomic E-state index is 12.2. The van der Waals surface area contributed by atoms with Crippen LogP contribution in [0.25, 0.3) is 0 Å². The summed E-state index contributed by atoms with van der Waals surface area (Å²) in [7, 11) is 0. The Bertz CT molecular complexity index is 554. The maximum absolute atomic E-state index is 12.2. The van der Waals surface area contributed by atoms with Gasteiger partial charge in [0.2, 0.25) is 0 Å². The van der Waals surface area contributed by atoms with E-state index in [0.29, 0.717) is 10.7 Å². The van der Waals surface area contributed by atoms with Gasteiger partial charge >= 0.3 is 0 Å². The number of nitrogens with one attached hydrogen (secondary N) is 1. The lowest BCUT2D eigenvalue weighted by molar-refractivity contribution is 0.0929. The molecule has 1 aromatic heterocycles. The van der Waals surface area contributed by atoms with Crippen molar-refractivity contribution in [3.8, 4) is 0 Å². The molecule has 0 bridgehead atoms. The van der Waals surface area contributed by atoms with Crippen molar-refractivity contribution in [2.45, 2.75) is 25.8 Å². The van der Waals surface area contributed by atoms with Gasteiger partial charge in [-0.25, -0.2) is 4.98 Å². The molecule has 1 aromatic carbocycles. The zero-order valence-corrected chi connectivity index (χ0v) is 12.1. The summed E-state index contributed by atoms with van der Waals surface area (Å²) < 4.78 is 0. The van der Waals surface area contributed by atoms with E-state index in [1.165, 1.54) is 6.20 Å². The molecule has 20 heavy (non-hydrogen) atoms. The van der Waals surface area contributed by atoms with Crippen LogP contribution in [0.4, 0.5) is 0 Å². The molecule has 1 atom stereocenters. The largest absolute Gasteiger partial charge is 0.344 e. The van der Waals surface area contributed by atoms with E-state index in [9.17, 15) is 4.79 Å². The summed E-state index contributed by atoms with van der Waals surface area (Å²) in [4.78, 5) is 16.2. The quantitative estimate of drug-likeness (QED) is 0.903. The van der Waals surface area contributed by atoms with Crippen LogP contribution < -0.4 is 5.32 Å². The van der Waals surface area contributed by atoms with Crippen LogP contribution in [0.5, 0.6) is 0 Å². The fourth-order valence-corrected chi connectivity index (χ4v) is 2.15. The van der Waals surface area contributed by atoms with Crippen molar-refractivity contribution in [2.75, 3.05) is 0 Å². The molecule has 0 saturated carbocycles. The third-order valence-corrected chi connectivity index (χ3v) is 3.27. The normalized spacial score (nSPS) is 11.9. The first-order valence-corrected chi connectivity index (χ1v) is 7.06.